The molecule has 8 heteroatoms. The van der Waals surface area contributed by atoms with Gasteiger partial charge in [0.05, 0.1) is 30.6 Å². The summed E-state index contributed by atoms with van der Waals surface area (Å²) in [6, 6.07) is 4.09. The molecule has 0 aliphatic heterocycles. The number of rotatable bonds is 10. The van der Waals surface area contributed by atoms with Crippen molar-refractivity contribution >= 4 is 35.1 Å². The molecule has 2 rings (SSSR count). The molecule has 2 heterocycles. The fourth-order valence-electron chi connectivity index (χ4n) is 1.87. The highest BCUT2D eigenvalue weighted by molar-refractivity contribution is 7.98. The third-order valence-electron chi connectivity index (χ3n) is 2.82. The molecular weight excluding hydrogens is 330 g/mol. The number of furan rings is 1. The minimum absolute atomic E-state index is 0.447. The minimum Gasteiger partial charge on any atom is -0.464 e. The Hall–Kier alpha value is -1.69. The van der Waals surface area contributed by atoms with E-state index in [0.29, 0.717) is 6.54 Å². The molecule has 2 aromatic rings. The lowest BCUT2D eigenvalue weighted by Crippen LogP contribution is -2.09. The molecule has 23 heavy (non-hydrogen) atoms. The quantitative estimate of drug-likeness (QED) is 0.504. The van der Waals surface area contributed by atoms with Crippen LogP contribution in [-0.4, -0.2) is 46.6 Å². The Morgan fingerprint density at radius 2 is 2.00 bits per heavy atom. The average Bonchev–Trinajstić information content (AvgIpc) is 3.13. The van der Waals surface area contributed by atoms with Crippen molar-refractivity contribution in [2.75, 3.05) is 43.6 Å². The second-order valence-electron chi connectivity index (χ2n) is 5.10. The second kappa shape index (κ2) is 9.45. The van der Waals surface area contributed by atoms with E-state index >= 15 is 0 Å². The summed E-state index contributed by atoms with van der Waals surface area (Å²) in [5, 5.41) is 6.31. The number of nitrogens with one attached hydrogen (secondary N) is 2. The predicted molar refractivity (Wildman–Crippen MR) is 98.0 cm³/mol. The van der Waals surface area contributed by atoms with Gasteiger partial charge in [0.25, 0.3) is 0 Å². The fraction of sp³-hybridized carbons (Fsp3) is 0.467. The summed E-state index contributed by atoms with van der Waals surface area (Å²) in [6.45, 7) is 2.09. The molecule has 0 bridgehead atoms. The number of hydrogen-bond donors (Lipinski definition) is 2. The highest BCUT2D eigenvalue weighted by Gasteiger charge is 2.06. The SMILES string of the molecule is C#CCNc1nsnc1NCCSCc1ccc(CN(C)C)o1. The largest absolute Gasteiger partial charge is 0.464 e. The summed E-state index contributed by atoms with van der Waals surface area (Å²) >= 11 is 2.98. The molecule has 0 fully saturated rings. The maximum atomic E-state index is 5.78. The Labute approximate surface area is 145 Å². The minimum atomic E-state index is 0.447. The lowest BCUT2D eigenvalue weighted by molar-refractivity contribution is 0.344. The first-order chi connectivity index (χ1) is 11.2. The van der Waals surface area contributed by atoms with Crippen molar-refractivity contribution in [2.24, 2.45) is 0 Å². The van der Waals surface area contributed by atoms with E-state index in [1.165, 1.54) is 11.7 Å². The Kier molecular flexibility index (Phi) is 7.26. The van der Waals surface area contributed by atoms with Crippen LogP contribution >= 0.6 is 23.5 Å². The molecule has 0 amide bonds. The molecule has 2 aromatic heterocycles. The van der Waals surface area contributed by atoms with E-state index in [1.807, 2.05) is 38.0 Å². The van der Waals surface area contributed by atoms with Crippen LogP contribution in [0.2, 0.25) is 0 Å². The Morgan fingerprint density at radius 3 is 2.74 bits per heavy atom. The van der Waals surface area contributed by atoms with E-state index in [4.69, 9.17) is 10.8 Å². The number of terminal acetylenes is 1. The van der Waals surface area contributed by atoms with Gasteiger partial charge in [-0.2, -0.15) is 20.5 Å². The van der Waals surface area contributed by atoms with Crippen molar-refractivity contribution < 1.29 is 4.42 Å². The van der Waals surface area contributed by atoms with Gasteiger partial charge in [0.2, 0.25) is 0 Å². The van der Waals surface area contributed by atoms with Gasteiger partial charge in [0.15, 0.2) is 11.6 Å². The van der Waals surface area contributed by atoms with E-state index in [-0.39, 0.29) is 0 Å². The van der Waals surface area contributed by atoms with Crippen LogP contribution in [0.4, 0.5) is 11.6 Å². The van der Waals surface area contributed by atoms with Crippen molar-refractivity contribution in [2.45, 2.75) is 12.3 Å². The number of nitrogens with zero attached hydrogens (tertiary/aromatic N) is 3. The first-order valence-electron chi connectivity index (χ1n) is 7.23. The summed E-state index contributed by atoms with van der Waals surface area (Å²) in [5.41, 5.74) is 0. The van der Waals surface area contributed by atoms with Crippen molar-refractivity contribution in [1.29, 1.82) is 0 Å². The lowest BCUT2D eigenvalue weighted by atomic mass is 10.4. The topological polar surface area (TPSA) is 66.2 Å². The molecule has 0 spiro atoms. The van der Waals surface area contributed by atoms with Crippen LogP contribution in [-0.2, 0) is 12.3 Å². The number of anilines is 2. The number of hydrogen-bond acceptors (Lipinski definition) is 8. The van der Waals surface area contributed by atoms with Crippen molar-refractivity contribution in [3.8, 4) is 12.3 Å². The van der Waals surface area contributed by atoms with Gasteiger partial charge in [-0.05, 0) is 26.2 Å². The van der Waals surface area contributed by atoms with Crippen molar-refractivity contribution in [1.82, 2.24) is 13.6 Å². The van der Waals surface area contributed by atoms with Gasteiger partial charge >= 0.3 is 0 Å². The summed E-state index contributed by atoms with van der Waals surface area (Å²) in [6.07, 6.45) is 5.23. The predicted octanol–water partition coefficient (Wildman–Crippen LogP) is 2.58. The molecule has 0 atom stereocenters. The van der Waals surface area contributed by atoms with Crippen molar-refractivity contribution in [3.05, 3.63) is 23.7 Å². The first-order valence-corrected chi connectivity index (χ1v) is 9.11. The highest BCUT2D eigenvalue weighted by atomic mass is 32.2. The van der Waals surface area contributed by atoms with Gasteiger partial charge < -0.3 is 20.0 Å². The summed E-state index contributed by atoms with van der Waals surface area (Å²) in [5.74, 6) is 7.84. The van der Waals surface area contributed by atoms with E-state index in [2.05, 4.69) is 30.2 Å². The Balaban J connectivity index is 1.65. The molecule has 124 valence electrons. The van der Waals surface area contributed by atoms with Gasteiger partial charge in [0, 0.05) is 12.3 Å². The third-order valence-corrected chi connectivity index (χ3v) is 4.33. The lowest BCUT2D eigenvalue weighted by Gasteiger charge is -2.06. The molecule has 0 unspecified atom stereocenters. The maximum Gasteiger partial charge on any atom is 0.185 e. The van der Waals surface area contributed by atoms with E-state index < -0.39 is 0 Å². The molecule has 0 aliphatic carbocycles. The van der Waals surface area contributed by atoms with E-state index in [1.54, 1.807) is 0 Å². The van der Waals surface area contributed by atoms with Gasteiger partial charge in [0.1, 0.15) is 11.5 Å². The van der Waals surface area contributed by atoms with Crippen molar-refractivity contribution in [3.63, 3.8) is 0 Å². The van der Waals surface area contributed by atoms with Crippen LogP contribution in [0.5, 0.6) is 0 Å². The molecule has 6 nitrogen and oxygen atoms in total. The van der Waals surface area contributed by atoms with E-state index in [0.717, 1.165) is 47.8 Å². The maximum absolute atomic E-state index is 5.78. The van der Waals surface area contributed by atoms with Crippen LogP contribution in [0.3, 0.4) is 0 Å². The van der Waals surface area contributed by atoms with Gasteiger partial charge in [-0.15, -0.1) is 6.42 Å². The molecule has 0 saturated heterocycles. The third kappa shape index (κ3) is 6.14. The Morgan fingerprint density at radius 1 is 1.26 bits per heavy atom. The highest BCUT2D eigenvalue weighted by Crippen LogP contribution is 2.19. The van der Waals surface area contributed by atoms with Gasteiger partial charge in [-0.25, -0.2) is 0 Å². The average molecular weight is 352 g/mol. The molecule has 0 aliphatic rings. The molecular formula is C15H21N5OS2. The molecule has 0 radical (unpaired) electrons. The van der Waals surface area contributed by atoms with Crippen LogP contribution in [0, 0.1) is 12.3 Å². The number of aromatic nitrogens is 2. The van der Waals surface area contributed by atoms with Crippen LogP contribution in [0.25, 0.3) is 0 Å². The van der Waals surface area contributed by atoms with Crippen LogP contribution < -0.4 is 10.6 Å². The van der Waals surface area contributed by atoms with Crippen LogP contribution in [0.15, 0.2) is 16.5 Å². The van der Waals surface area contributed by atoms with Gasteiger partial charge in [-0.3, -0.25) is 0 Å². The normalized spacial score (nSPS) is 10.7. The summed E-state index contributed by atoms with van der Waals surface area (Å²) in [4.78, 5) is 2.09. The standard InChI is InChI=1S/C15H21N5OS2/c1-4-7-16-14-15(19-23-18-14)17-8-9-22-11-13-6-5-12(21-13)10-20(2)3/h1,5-6H,7-11H2,2-3H3,(H,16,18)(H,17,19). The molecule has 2 N–H and O–H groups in total. The fourth-order valence-corrected chi connectivity index (χ4v) is 3.12. The second-order valence-corrected chi connectivity index (χ2v) is 6.74. The summed E-state index contributed by atoms with van der Waals surface area (Å²) in [7, 11) is 4.06. The zero-order valence-corrected chi connectivity index (χ0v) is 15.0. The number of thioether (sulfide) groups is 1. The summed E-state index contributed by atoms with van der Waals surface area (Å²) < 4.78 is 14.2. The monoisotopic (exact) mass is 351 g/mol. The van der Waals surface area contributed by atoms with Gasteiger partial charge in [-0.1, -0.05) is 5.92 Å². The zero-order valence-electron chi connectivity index (χ0n) is 13.3. The molecule has 0 aromatic carbocycles. The van der Waals surface area contributed by atoms with E-state index in [9.17, 15) is 0 Å². The molecule has 0 saturated carbocycles. The smallest absolute Gasteiger partial charge is 0.185 e. The Bertz CT molecular complexity index is 632. The zero-order chi connectivity index (χ0) is 16.5. The first kappa shape index (κ1) is 17.7. The van der Waals surface area contributed by atoms with Crippen LogP contribution in [0.1, 0.15) is 11.5 Å².